The third-order valence-corrected chi connectivity index (χ3v) is 12.8. The Bertz CT molecular complexity index is 1640. The number of halogens is 2. The van der Waals surface area contributed by atoms with E-state index in [1.54, 1.807) is 0 Å². The van der Waals surface area contributed by atoms with Crippen LogP contribution in [0.15, 0.2) is 90.5 Å². The van der Waals surface area contributed by atoms with E-state index in [2.05, 4.69) is 125 Å². The monoisotopic (exact) mass is 775 g/mol. The zero-order valence-electron chi connectivity index (χ0n) is 29.7. The van der Waals surface area contributed by atoms with Crippen LogP contribution in [-0.4, -0.2) is 14.4 Å². The fraction of sp³-hybridized carbons (Fsp3) is 0.405. The van der Waals surface area contributed by atoms with Gasteiger partial charge in [0, 0.05) is 5.54 Å². The van der Waals surface area contributed by atoms with Gasteiger partial charge in [-0.1, -0.05) is 163 Å². The zero-order chi connectivity index (χ0) is 33.4. The van der Waals surface area contributed by atoms with Crippen molar-refractivity contribution in [2.75, 3.05) is 0 Å². The predicted octanol–water partition coefficient (Wildman–Crippen LogP) is 14.2. The summed E-state index contributed by atoms with van der Waals surface area (Å²) in [7, 11) is 7.53. The molecule has 0 spiro atoms. The number of nitrogens with zero attached hydrogens (tertiary/aromatic N) is 1. The van der Waals surface area contributed by atoms with E-state index in [9.17, 15) is 0 Å². The average Bonchev–Trinajstić information content (AvgIpc) is 3.49. The van der Waals surface area contributed by atoms with Gasteiger partial charge in [0.1, 0.15) is 5.75 Å². The van der Waals surface area contributed by atoms with Gasteiger partial charge in [-0.25, -0.2) is 0 Å². The van der Waals surface area contributed by atoms with Crippen LogP contribution in [0.5, 0.6) is 5.75 Å². The summed E-state index contributed by atoms with van der Waals surface area (Å²) in [5, 5.41) is 8.11. The molecule has 0 amide bonds. The minimum atomic E-state index is -2.34. The van der Waals surface area contributed by atoms with Gasteiger partial charge in [-0.2, -0.15) is 0 Å². The molecule has 1 fully saturated rings. The minimum absolute atomic E-state index is 0. The third-order valence-electron chi connectivity index (χ3n) is 9.98. The van der Waals surface area contributed by atoms with Crippen LogP contribution in [0, 0.1) is 13.3 Å². The van der Waals surface area contributed by atoms with Crippen LogP contribution in [0.25, 0.3) is 33.3 Å². The standard InChI is InChI=1S/C41H50NOSi.CH3.2ClH.Zr/c1-6-7-26-39(42-31-19-9-8-10-20-31)36-22-13-14-27-40(36)43-44(4,5)41-35-25-16-24-34(38(35)28-37(41)29(2)3)33-23-15-18-30-17-11-12-21-32(30)33;;;;/h11-18,21-25,27-29,31,39,41H,6-10,19-20,26H2,1-5H3;1H3;2*1H;/q2*-1;;;+4/p-2. The molecule has 4 aromatic rings. The fourth-order valence-corrected chi connectivity index (χ4v) is 10.9. The molecular weight excluding hydrogens is 725 g/mol. The maximum absolute atomic E-state index is 7.36. The number of unbranched alkanes of at least 4 members (excludes halogenated alkanes) is 1. The van der Waals surface area contributed by atoms with E-state index in [-0.39, 0.29) is 13.5 Å². The molecule has 2 atom stereocenters. The number of fused-ring (bicyclic) bond motifs is 2. The first kappa shape index (κ1) is 39.1. The van der Waals surface area contributed by atoms with Crippen LogP contribution in [0.2, 0.25) is 13.1 Å². The first-order chi connectivity index (χ1) is 22.8. The average molecular weight is 778 g/mol. The molecular formula is C42H53Cl2NOSiZr. The molecule has 1 saturated carbocycles. The van der Waals surface area contributed by atoms with Gasteiger partial charge in [-0.15, -0.1) is 12.1 Å². The van der Waals surface area contributed by atoms with Crippen molar-refractivity contribution in [2.24, 2.45) is 5.92 Å². The van der Waals surface area contributed by atoms with Crippen molar-refractivity contribution < 1.29 is 25.3 Å². The summed E-state index contributed by atoms with van der Waals surface area (Å²) >= 11 is -0.826. The summed E-state index contributed by atoms with van der Waals surface area (Å²) in [5.74, 6) is 1.50. The van der Waals surface area contributed by atoms with Crippen molar-refractivity contribution in [3.05, 3.63) is 120 Å². The molecule has 4 aromatic carbocycles. The molecule has 0 radical (unpaired) electrons. The summed E-state index contributed by atoms with van der Waals surface area (Å²) in [6, 6.07) is 32.0. The van der Waals surface area contributed by atoms with Crippen LogP contribution < -0.4 is 4.43 Å². The van der Waals surface area contributed by atoms with Crippen LogP contribution >= 0.6 is 17.0 Å². The topological polar surface area (TPSA) is 23.3 Å². The fourth-order valence-electron chi connectivity index (χ4n) is 7.78. The van der Waals surface area contributed by atoms with Gasteiger partial charge in [-0.05, 0) is 63.7 Å². The Hall–Kier alpha value is -1.68. The van der Waals surface area contributed by atoms with Crippen molar-refractivity contribution in [1.82, 2.24) is 0 Å². The number of para-hydroxylation sites is 1. The van der Waals surface area contributed by atoms with Crippen molar-refractivity contribution in [3.63, 3.8) is 0 Å². The van der Waals surface area contributed by atoms with Crippen LogP contribution in [0.1, 0.15) is 100 Å². The van der Waals surface area contributed by atoms with E-state index in [1.807, 2.05) is 0 Å². The zero-order valence-corrected chi connectivity index (χ0v) is 34.7. The van der Waals surface area contributed by atoms with Gasteiger partial charge < -0.3 is 17.2 Å². The van der Waals surface area contributed by atoms with Crippen LogP contribution in [0.4, 0.5) is 0 Å². The van der Waals surface area contributed by atoms with Crippen LogP contribution in [0.3, 0.4) is 0 Å². The van der Waals surface area contributed by atoms with Crippen molar-refractivity contribution in [1.29, 1.82) is 0 Å². The van der Waals surface area contributed by atoms with Crippen LogP contribution in [-0.2, 0) is 20.8 Å². The number of rotatable bonds is 11. The Morgan fingerprint density at radius 2 is 1.50 bits per heavy atom. The normalized spacial score (nSPS) is 16.7. The van der Waals surface area contributed by atoms with Crippen molar-refractivity contribution in [2.45, 2.75) is 103 Å². The molecule has 6 rings (SSSR count). The number of allylic oxidation sites excluding steroid dienone is 1. The molecule has 0 heterocycles. The molecule has 0 saturated heterocycles. The van der Waals surface area contributed by atoms with Gasteiger partial charge in [0.2, 0.25) is 0 Å². The van der Waals surface area contributed by atoms with E-state index >= 15 is 0 Å². The summed E-state index contributed by atoms with van der Waals surface area (Å²) in [6.45, 7) is 11.9. The van der Waals surface area contributed by atoms with Gasteiger partial charge in [0.05, 0.1) is 0 Å². The van der Waals surface area contributed by atoms with Gasteiger partial charge in [0.15, 0.2) is 0 Å². The van der Waals surface area contributed by atoms with E-state index < -0.39 is 29.2 Å². The van der Waals surface area contributed by atoms with Gasteiger partial charge >= 0.3 is 37.9 Å². The van der Waals surface area contributed by atoms with E-state index in [4.69, 9.17) is 26.8 Å². The molecule has 254 valence electrons. The Morgan fingerprint density at radius 3 is 2.23 bits per heavy atom. The summed E-state index contributed by atoms with van der Waals surface area (Å²) in [6.07, 6.45) is 12.5. The molecule has 2 aliphatic carbocycles. The van der Waals surface area contributed by atoms with Crippen molar-refractivity contribution >= 4 is 42.2 Å². The first-order valence-corrected chi connectivity index (χ1v) is 26.9. The molecule has 2 aliphatic rings. The molecule has 0 aliphatic heterocycles. The van der Waals surface area contributed by atoms with E-state index in [1.165, 1.54) is 89.1 Å². The summed E-state index contributed by atoms with van der Waals surface area (Å²) in [4.78, 5) is 0. The summed E-state index contributed by atoms with van der Waals surface area (Å²) in [5.41, 5.74) is 8.56. The quantitative estimate of drug-likeness (QED) is 0.110. The second-order valence-corrected chi connectivity index (χ2v) is 21.7. The molecule has 6 heteroatoms. The molecule has 48 heavy (non-hydrogen) atoms. The Kier molecular flexibility index (Phi) is 15.1. The third kappa shape index (κ3) is 9.15. The Labute approximate surface area is 310 Å². The predicted molar refractivity (Wildman–Crippen MR) is 210 cm³/mol. The second-order valence-electron chi connectivity index (χ2n) is 14.0. The molecule has 2 nitrogen and oxygen atoms in total. The molecule has 0 bridgehead atoms. The van der Waals surface area contributed by atoms with Gasteiger partial charge in [-0.3, -0.25) is 0 Å². The number of hydrogen-bond acceptors (Lipinski definition) is 1. The van der Waals surface area contributed by atoms with E-state index in [0.717, 1.165) is 12.2 Å². The van der Waals surface area contributed by atoms with Gasteiger partial charge in [0.25, 0.3) is 8.32 Å². The molecule has 0 aromatic heterocycles. The SMILES string of the molecule is CCCCC([N-]C1CCCCC1)c1ccccc1O[Si](C)(C)C1C(C(C)C)=Cc2c(-c3cccc4ccccc34)cccc21.[CH3-].[Cl][Zr+2][Cl]. The second kappa shape index (κ2) is 18.5. The Morgan fingerprint density at radius 1 is 0.854 bits per heavy atom. The molecule has 0 N–H and O–H groups in total. The Balaban J connectivity index is 0.00000125. The first-order valence-electron chi connectivity index (χ1n) is 17.6. The summed E-state index contributed by atoms with van der Waals surface area (Å²) < 4.78 is 7.36. The number of hydrogen-bond donors (Lipinski definition) is 0. The van der Waals surface area contributed by atoms with E-state index in [0.29, 0.717) is 17.5 Å². The molecule has 2 unspecified atom stereocenters. The number of benzene rings is 4. The maximum atomic E-state index is 7.36. The van der Waals surface area contributed by atoms with Crippen molar-refractivity contribution in [3.8, 4) is 16.9 Å².